The topological polar surface area (TPSA) is 77.8 Å². The molecule has 2 aromatic rings. The van der Waals surface area contributed by atoms with Gasteiger partial charge in [-0.05, 0) is 60.6 Å². The monoisotopic (exact) mass is 602 g/mol. The molecule has 228 valence electrons. The summed E-state index contributed by atoms with van der Waals surface area (Å²) >= 11 is 1.73. The molecule has 3 N–H and O–H groups in total. The van der Waals surface area contributed by atoms with Gasteiger partial charge in [-0.15, -0.1) is 11.8 Å². The number of aromatic hydroxyl groups is 2. The summed E-state index contributed by atoms with van der Waals surface area (Å²) in [7, 11) is 0. The van der Waals surface area contributed by atoms with E-state index < -0.39 is 36.8 Å². The van der Waals surface area contributed by atoms with E-state index in [0.29, 0.717) is 12.8 Å². The van der Waals surface area contributed by atoms with E-state index in [1.807, 2.05) is 24.3 Å². The van der Waals surface area contributed by atoms with E-state index in [1.54, 1.807) is 30.0 Å². The van der Waals surface area contributed by atoms with Gasteiger partial charge in [0, 0.05) is 22.5 Å². The number of thioether (sulfide) groups is 1. The van der Waals surface area contributed by atoms with Gasteiger partial charge in [-0.25, -0.2) is 0 Å². The van der Waals surface area contributed by atoms with Crippen LogP contribution in [0.5, 0.6) is 11.5 Å². The number of rotatable bonds is 15. The molecule has 3 rings (SSSR count). The summed E-state index contributed by atoms with van der Waals surface area (Å²) < 4.78 is 63.4. The maximum Gasteiger partial charge on any atom is 0.453 e. The molecule has 1 aliphatic heterocycles. The quantitative estimate of drug-likeness (QED) is 0.140. The second-order valence-electron chi connectivity index (χ2n) is 11.4. The molecule has 0 bridgehead atoms. The molecule has 0 aliphatic carbocycles. The van der Waals surface area contributed by atoms with Crippen molar-refractivity contribution in [2.75, 3.05) is 5.75 Å². The maximum atomic E-state index is 13.2. The first-order valence-electron chi connectivity index (χ1n) is 14.2. The zero-order valence-corrected chi connectivity index (χ0v) is 24.0. The Hall–Kier alpha value is -2.49. The Morgan fingerprint density at radius 3 is 2.10 bits per heavy atom. The van der Waals surface area contributed by atoms with Gasteiger partial charge in [-0.3, -0.25) is 4.79 Å². The zero-order chi connectivity index (χ0) is 30.3. The Morgan fingerprint density at radius 1 is 0.902 bits per heavy atom. The van der Waals surface area contributed by atoms with Crippen LogP contribution in [-0.4, -0.2) is 39.1 Å². The molecular formula is C31H39F5O4S. The Bertz CT molecular complexity index is 1140. The fourth-order valence-electron chi connectivity index (χ4n) is 5.72. The number of hydrogen-bond donors (Lipinski definition) is 3. The van der Waals surface area contributed by atoms with Gasteiger partial charge in [0.1, 0.15) is 11.5 Å². The molecule has 0 radical (unpaired) electrons. The molecule has 1 unspecified atom stereocenters. The Morgan fingerprint density at radius 2 is 1.49 bits per heavy atom. The molecule has 3 atom stereocenters. The van der Waals surface area contributed by atoms with Crippen LogP contribution in [0.1, 0.15) is 94.6 Å². The van der Waals surface area contributed by atoms with Crippen molar-refractivity contribution in [3.05, 3.63) is 53.6 Å². The molecule has 4 nitrogen and oxygen atoms in total. The number of phenolic OH excluding ortho intramolecular Hbond substituents is 2. The second kappa shape index (κ2) is 14.1. The zero-order valence-electron chi connectivity index (χ0n) is 23.2. The summed E-state index contributed by atoms with van der Waals surface area (Å²) in [5.74, 6) is -5.85. The Balaban J connectivity index is 1.44. The van der Waals surface area contributed by atoms with Crippen LogP contribution in [0, 0.1) is 5.92 Å². The number of benzene rings is 2. The first-order valence-corrected chi connectivity index (χ1v) is 15.2. The Labute approximate surface area is 242 Å². The lowest BCUT2D eigenvalue weighted by Crippen LogP contribution is -2.37. The predicted octanol–water partition coefficient (Wildman–Crippen LogP) is 9.43. The van der Waals surface area contributed by atoms with Crippen molar-refractivity contribution in [1.29, 1.82) is 0 Å². The van der Waals surface area contributed by atoms with E-state index in [1.165, 1.54) is 5.56 Å². The number of carboxylic acids is 1. The molecule has 0 spiro atoms. The third-order valence-electron chi connectivity index (χ3n) is 8.31. The number of carboxylic acid groups (broad SMARTS) is 1. The largest absolute Gasteiger partial charge is 0.508 e. The van der Waals surface area contributed by atoms with Gasteiger partial charge >= 0.3 is 18.1 Å². The van der Waals surface area contributed by atoms with Gasteiger partial charge in [0.05, 0.1) is 5.92 Å². The average Bonchev–Trinajstić information content (AvgIpc) is 2.89. The van der Waals surface area contributed by atoms with E-state index in [0.717, 1.165) is 54.7 Å². The molecule has 0 saturated heterocycles. The number of alkyl halides is 5. The van der Waals surface area contributed by atoms with Crippen molar-refractivity contribution in [2.24, 2.45) is 5.92 Å². The lowest BCUT2D eigenvalue weighted by atomic mass is 9.68. The van der Waals surface area contributed by atoms with E-state index in [2.05, 4.69) is 6.92 Å². The van der Waals surface area contributed by atoms with Crippen LogP contribution in [0.4, 0.5) is 22.0 Å². The number of unbranched alkanes of at least 4 members (excludes halogenated alkanes) is 6. The maximum absolute atomic E-state index is 13.2. The van der Waals surface area contributed by atoms with Gasteiger partial charge in [-0.1, -0.05) is 70.1 Å². The van der Waals surface area contributed by atoms with Crippen LogP contribution in [0.2, 0.25) is 0 Å². The van der Waals surface area contributed by atoms with Gasteiger partial charge in [0.15, 0.2) is 0 Å². The standard InChI is InChI=1S/C31H39F5O4S/c1-29(22-11-13-23(37)14-12-22)20-41-27-19-24(38)15-16-25(27)26(29)10-8-6-4-2-3-5-7-9-21(28(39)40)17-18-30(32,33)31(34,35)36/h11-16,19,21,26,37-38H,2-10,17-18,20H2,1H3,(H,39,40)/t21?,26-,29-/m1/s1. The van der Waals surface area contributed by atoms with Crippen LogP contribution in [0.15, 0.2) is 47.4 Å². The summed E-state index contributed by atoms with van der Waals surface area (Å²) in [5, 5.41) is 29.0. The van der Waals surface area contributed by atoms with Crippen LogP contribution in [-0.2, 0) is 10.2 Å². The SMILES string of the molecule is C[C@]1(c2ccc(O)cc2)CSc2cc(O)ccc2[C@H]1CCCCCCCCCC(CCC(F)(F)C(F)(F)F)C(=O)O. The highest BCUT2D eigenvalue weighted by Crippen LogP contribution is 2.52. The molecule has 0 amide bonds. The fraction of sp³-hybridized carbons (Fsp3) is 0.581. The number of hydrogen-bond acceptors (Lipinski definition) is 4. The summed E-state index contributed by atoms with van der Waals surface area (Å²) in [6.45, 7) is 2.25. The minimum atomic E-state index is -5.66. The first-order chi connectivity index (χ1) is 19.2. The van der Waals surface area contributed by atoms with E-state index in [4.69, 9.17) is 0 Å². The predicted molar refractivity (Wildman–Crippen MR) is 150 cm³/mol. The fourth-order valence-corrected chi connectivity index (χ4v) is 7.12. The van der Waals surface area contributed by atoms with Crippen LogP contribution < -0.4 is 0 Å². The van der Waals surface area contributed by atoms with Gasteiger partial charge < -0.3 is 15.3 Å². The highest BCUT2D eigenvalue weighted by atomic mass is 32.2. The van der Waals surface area contributed by atoms with Crippen molar-refractivity contribution in [3.8, 4) is 11.5 Å². The van der Waals surface area contributed by atoms with Crippen LogP contribution in [0.3, 0.4) is 0 Å². The summed E-state index contributed by atoms with van der Waals surface area (Å²) in [6, 6.07) is 12.9. The smallest absolute Gasteiger partial charge is 0.453 e. The molecule has 10 heteroatoms. The third-order valence-corrected chi connectivity index (χ3v) is 9.72. The summed E-state index contributed by atoms with van der Waals surface area (Å²) in [5.41, 5.74) is 2.23. The van der Waals surface area contributed by atoms with Crippen LogP contribution in [0.25, 0.3) is 0 Å². The molecule has 0 saturated carbocycles. The lowest BCUT2D eigenvalue weighted by Gasteiger charge is -2.43. The van der Waals surface area contributed by atoms with Gasteiger partial charge in [-0.2, -0.15) is 22.0 Å². The normalized spacial score (nSPS) is 20.0. The second-order valence-corrected chi connectivity index (χ2v) is 12.4. The highest BCUT2D eigenvalue weighted by molar-refractivity contribution is 7.99. The highest BCUT2D eigenvalue weighted by Gasteiger charge is 2.57. The minimum absolute atomic E-state index is 0.0910. The minimum Gasteiger partial charge on any atom is -0.508 e. The van der Waals surface area contributed by atoms with Crippen molar-refractivity contribution in [3.63, 3.8) is 0 Å². The van der Waals surface area contributed by atoms with Crippen molar-refractivity contribution < 1.29 is 42.1 Å². The van der Waals surface area contributed by atoms with Crippen molar-refractivity contribution >= 4 is 17.7 Å². The van der Waals surface area contributed by atoms with Crippen molar-refractivity contribution in [1.82, 2.24) is 0 Å². The first kappa shape index (κ1) is 33.0. The Kier molecular flexibility index (Phi) is 11.4. The number of carbonyl (C=O) groups is 1. The lowest BCUT2D eigenvalue weighted by molar-refractivity contribution is -0.285. The van der Waals surface area contributed by atoms with Gasteiger partial charge in [0.25, 0.3) is 0 Å². The van der Waals surface area contributed by atoms with E-state index in [9.17, 15) is 42.1 Å². The van der Waals surface area contributed by atoms with Crippen LogP contribution >= 0.6 is 11.8 Å². The number of halogens is 5. The number of fused-ring (bicyclic) bond motifs is 1. The van der Waals surface area contributed by atoms with E-state index >= 15 is 0 Å². The third kappa shape index (κ3) is 8.75. The summed E-state index contributed by atoms with van der Waals surface area (Å²) in [6.07, 6.45) is -0.877. The molecular weight excluding hydrogens is 563 g/mol. The summed E-state index contributed by atoms with van der Waals surface area (Å²) in [4.78, 5) is 12.4. The number of aliphatic carboxylic acids is 1. The van der Waals surface area contributed by atoms with E-state index in [-0.39, 0.29) is 29.3 Å². The molecule has 41 heavy (non-hydrogen) atoms. The molecule has 2 aromatic carbocycles. The molecule has 1 heterocycles. The average molecular weight is 603 g/mol. The van der Waals surface area contributed by atoms with Crippen molar-refractivity contribution in [2.45, 2.75) is 106 Å². The molecule has 1 aliphatic rings. The molecule has 0 fully saturated rings. The number of phenols is 2. The molecule has 0 aromatic heterocycles. The van der Waals surface area contributed by atoms with Gasteiger partial charge in [0.2, 0.25) is 0 Å².